The van der Waals surface area contributed by atoms with Gasteiger partial charge < -0.3 is 11.1 Å². The van der Waals surface area contributed by atoms with Crippen LogP contribution < -0.4 is 11.1 Å². The highest BCUT2D eigenvalue weighted by atomic mass is 32.2. The standard InChI is InChI=1S/C20H25N3O3S/c21-19-6-4-16(5-7-19)8-9-22-20(24)18-3-1-2-17(14-18)15-23-10-12-27(25,26)13-11-23/h1-7,14H,8-13,15,21H2,(H,22,24). The van der Waals surface area contributed by atoms with Gasteiger partial charge in [-0.05, 0) is 41.8 Å². The van der Waals surface area contributed by atoms with Crippen molar-refractivity contribution >= 4 is 21.4 Å². The molecule has 1 fully saturated rings. The predicted octanol–water partition coefficient (Wildman–Crippen LogP) is 1.47. The number of amides is 1. The molecule has 27 heavy (non-hydrogen) atoms. The molecule has 1 aliphatic heterocycles. The third kappa shape index (κ3) is 5.80. The Kier molecular flexibility index (Phi) is 6.13. The van der Waals surface area contributed by atoms with Crippen molar-refractivity contribution in [2.45, 2.75) is 13.0 Å². The van der Waals surface area contributed by atoms with Crippen molar-refractivity contribution in [1.82, 2.24) is 10.2 Å². The number of nitrogen functional groups attached to an aromatic ring is 1. The van der Waals surface area contributed by atoms with Gasteiger partial charge in [0.2, 0.25) is 0 Å². The summed E-state index contributed by atoms with van der Waals surface area (Å²) < 4.78 is 23.1. The lowest BCUT2D eigenvalue weighted by molar-refractivity contribution is 0.0954. The number of nitrogens with two attached hydrogens (primary N) is 1. The molecule has 2 aromatic carbocycles. The van der Waals surface area contributed by atoms with Gasteiger partial charge >= 0.3 is 0 Å². The number of anilines is 1. The maximum absolute atomic E-state index is 12.4. The Morgan fingerprint density at radius 3 is 2.44 bits per heavy atom. The summed E-state index contributed by atoms with van der Waals surface area (Å²) in [4.78, 5) is 14.5. The number of nitrogens with one attached hydrogen (secondary N) is 1. The van der Waals surface area contributed by atoms with Crippen LogP contribution in [-0.2, 0) is 22.8 Å². The average molecular weight is 388 g/mol. The molecule has 1 aliphatic rings. The molecular weight excluding hydrogens is 362 g/mol. The van der Waals surface area contributed by atoms with Gasteiger partial charge in [0, 0.05) is 37.4 Å². The fourth-order valence-corrected chi connectivity index (χ4v) is 4.36. The number of sulfone groups is 1. The van der Waals surface area contributed by atoms with Crippen LogP contribution in [0.25, 0.3) is 0 Å². The summed E-state index contributed by atoms with van der Waals surface area (Å²) in [6, 6.07) is 15.1. The van der Waals surface area contributed by atoms with Crippen LogP contribution in [0.5, 0.6) is 0 Å². The normalized spacial score (nSPS) is 16.7. The fraction of sp³-hybridized carbons (Fsp3) is 0.350. The summed E-state index contributed by atoms with van der Waals surface area (Å²) in [7, 11) is -2.88. The van der Waals surface area contributed by atoms with Crippen molar-refractivity contribution in [3.8, 4) is 0 Å². The lowest BCUT2D eigenvalue weighted by atomic mass is 10.1. The van der Waals surface area contributed by atoms with E-state index in [0.29, 0.717) is 31.7 Å². The Labute approximate surface area is 160 Å². The van der Waals surface area contributed by atoms with E-state index in [1.807, 2.05) is 42.5 Å². The Hall–Kier alpha value is -2.38. The van der Waals surface area contributed by atoms with Gasteiger partial charge in [-0.2, -0.15) is 0 Å². The molecule has 0 saturated carbocycles. The van der Waals surface area contributed by atoms with Gasteiger partial charge in [-0.15, -0.1) is 0 Å². The van der Waals surface area contributed by atoms with E-state index in [0.717, 1.165) is 23.2 Å². The molecule has 0 aromatic heterocycles. The highest BCUT2D eigenvalue weighted by Crippen LogP contribution is 2.12. The monoisotopic (exact) mass is 387 g/mol. The van der Waals surface area contributed by atoms with Crippen molar-refractivity contribution in [2.24, 2.45) is 0 Å². The lowest BCUT2D eigenvalue weighted by Gasteiger charge is -2.26. The number of hydrogen-bond acceptors (Lipinski definition) is 5. The Morgan fingerprint density at radius 1 is 1.04 bits per heavy atom. The first-order valence-electron chi connectivity index (χ1n) is 9.06. The maximum Gasteiger partial charge on any atom is 0.251 e. The van der Waals surface area contributed by atoms with E-state index in [2.05, 4.69) is 10.2 Å². The molecule has 6 nitrogen and oxygen atoms in total. The topological polar surface area (TPSA) is 92.5 Å². The van der Waals surface area contributed by atoms with Crippen molar-refractivity contribution in [2.75, 3.05) is 36.9 Å². The average Bonchev–Trinajstić information content (AvgIpc) is 2.65. The number of benzene rings is 2. The van der Waals surface area contributed by atoms with Crippen LogP contribution in [0, 0.1) is 0 Å². The molecule has 0 spiro atoms. The van der Waals surface area contributed by atoms with Crippen LogP contribution in [0.15, 0.2) is 48.5 Å². The Bertz CT molecular complexity index is 881. The summed E-state index contributed by atoms with van der Waals surface area (Å²) in [5.41, 5.74) is 9.16. The molecule has 144 valence electrons. The number of carbonyl (C=O) groups is 1. The maximum atomic E-state index is 12.4. The van der Waals surface area contributed by atoms with Crippen LogP contribution >= 0.6 is 0 Å². The first kappa shape index (κ1) is 19.4. The second-order valence-electron chi connectivity index (χ2n) is 6.88. The van der Waals surface area contributed by atoms with Gasteiger partial charge in [0.1, 0.15) is 0 Å². The zero-order valence-corrected chi connectivity index (χ0v) is 16.0. The fourth-order valence-electron chi connectivity index (χ4n) is 3.08. The zero-order valence-electron chi connectivity index (χ0n) is 15.2. The van der Waals surface area contributed by atoms with Crippen molar-refractivity contribution < 1.29 is 13.2 Å². The minimum absolute atomic E-state index is 0.103. The SMILES string of the molecule is Nc1ccc(CCNC(=O)c2cccc(CN3CCS(=O)(=O)CC3)c2)cc1. The van der Waals surface area contributed by atoms with Crippen LogP contribution in [-0.4, -0.2) is 50.4 Å². The van der Waals surface area contributed by atoms with E-state index in [1.165, 1.54) is 0 Å². The van der Waals surface area contributed by atoms with Gasteiger partial charge in [-0.25, -0.2) is 8.42 Å². The largest absolute Gasteiger partial charge is 0.399 e. The lowest BCUT2D eigenvalue weighted by Crippen LogP contribution is -2.39. The molecule has 2 aromatic rings. The molecule has 0 atom stereocenters. The number of hydrogen-bond donors (Lipinski definition) is 2. The molecule has 7 heteroatoms. The first-order chi connectivity index (χ1) is 12.9. The molecule has 1 heterocycles. The first-order valence-corrected chi connectivity index (χ1v) is 10.9. The third-order valence-corrected chi connectivity index (χ3v) is 6.32. The van der Waals surface area contributed by atoms with Crippen LogP contribution in [0.1, 0.15) is 21.5 Å². The van der Waals surface area contributed by atoms with Crippen molar-refractivity contribution in [1.29, 1.82) is 0 Å². The predicted molar refractivity (Wildman–Crippen MR) is 107 cm³/mol. The molecule has 3 rings (SSSR count). The van der Waals surface area contributed by atoms with Crippen molar-refractivity contribution in [3.63, 3.8) is 0 Å². The number of rotatable bonds is 6. The van der Waals surface area contributed by atoms with E-state index in [4.69, 9.17) is 5.73 Å². The third-order valence-electron chi connectivity index (χ3n) is 4.71. The van der Waals surface area contributed by atoms with Gasteiger partial charge in [-0.1, -0.05) is 24.3 Å². The van der Waals surface area contributed by atoms with Crippen molar-refractivity contribution in [3.05, 3.63) is 65.2 Å². The molecule has 3 N–H and O–H groups in total. The molecule has 0 radical (unpaired) electrons. The molecule has 1 amide bonds. The van der Waals surface area contributed by atoms with E-state index >= 15 is 0 Å². The van der Waals surface area contributed by atoms with Gasteiger partial charge in [0.25, 0.3) is 5.91 Å². The highest BCUT2D eigenvalue weighted by molar-refractivity contribution is 7.91. The summed E-state index contributed by atoms with van der Waals surface area (Å²) in [6.45, 7) is 2.29. The van der Waals surface area contributed by atoms with E-state index in [9.17, 15) is 13.2 Å². The quantitative estimate of drug-likeness (QED) is 0.733. The molecule has 1 saturated heterocycles. The zero-order chi connectivity index (χ0) is 19.3. The summed E-state index contributed by atoms with van der Waals surface area (Å²) in [5, 5.41) is 2.94. The Balaban J connectivity index is 1.51. The second-order valence-corrected chi connectivity index (χ2v) is 9.18. The Morgan fingerprint density at radius 2 is 1.74 bits per heavy atom. The van der Waals surface area contributed by atoms with Crippen LogP contribution in [0.4, 0.5) is 5.69 Å². The van der Waals surface area contributed by atoms with Crippen LogP contribution in [0.2, 0.25) is 0 Å². The molecule has 0 bridgehead atoms. The molecule has 0 aliphatic carbocycles. The summed E-state index contributed by atoms with van der Waals surface area (Å²) in [5.74, 6) is 0.310. The molecule has 0 unspecified atom stereocenters. The van der Waals surface area contributed by atoms with E-state index in [1.54, 1.807) is 6.07 Å². The van der Waals surface area contributed by atoms with Gasteiger partial charge in [-0.3, -0.25) is 9.69 Å². The highest BCUT2D eigenvalue weighted by Gasteiger charge is 2.21. The van der Waals surface area contributed by atoms with Crippen LogP contribution in [0.3, 0.4) is 0 Å². The van der Waals surface area contributed by atoms with E-state index in [-0.39, 0.29) is 17.4 Å². The smallest absolute Gasteiger partial charge is 0.251 e. The number of carbonyl (C=O) groups excluding carboxylic acids is 1. The minimum atomic E-state index is -2.88. The van der Waals surface area contributed by atoms with Gasteiger partial charge in [0.05, 0.1) is 11.5 Å². The number of nitrogens with zero attached hydrogens (tertiary/aromatic N) is 1. The minimum Gasteiger partial charge on any atom is -0.399 e. The van der Waals surface area contributed by atoms with Gasteiger partial charge in [0.15, 0.2) is 9.84 Å². The van der Waals surface area contributed by atoms with E-state index < -0.39 is 9.84 Å². The summed E-state index contributed by atoms with van der Waals surface area (Å²) >= 11 is 0. The molecular formula is C20H25N3O3S. The second kappa shape index (κ2) is 8.54. The summed E-state index contributed by atoms with van der Waals surface area (Å²) in [6.07, 6.45) is 0.744.